The molecule has 2 heterocycles. The van der Waals surface area contributed by atoms with Gasteiger partial charge in [0, 0.05) is 12.4 Å². The molecular weight excluding hydrogens is 610 g/mol. The average molecular weight is 630 g/mol. The van der Waals surface area contributed by atoms with Crippen LogP contribution in [0.2, 0.25) is 0 Å². The molecule has 0 aliphatic heterocycles. The number of hydrogen-bond acceptors (Lipinski definition) is 2. The van der Waals surface area contributed by atoms with Gasteiger partial charge < -0.3 is 0 Å². The molecule has 0 saturated heterocycles. The minimum atomic E-state index is -0.507. The second kappa shape index (κ2) is 10.2. The summed E-state index contributed by atoms with van der Waals surface area (Å²) in [6, 6.07) is 31.7. The van der Waals surface area contributed by atoms with Crippen molar-refractivity contribution < 1.29 is 0 Å². The van der Waals surface area contributed by atoms with Crippen LogP contribution in [0.25, 0.3) is 0 Å². The van der Waals surface area contributed by atoms with Crippen molar-refractivity contribution >= 4 is 45.2 Å². The van der Waals surface area contributed by atoms with E-state index in [-0.39, 0.29) is 0 Å². The van der Waals surface area contributed by atoms with Crippen LogP contribution < -0.4 is 0 Å². The minimum absolute atomic E-state index is 0.507. The number of hydrogen-bond donors (Lipinski definition) is 1. The maximum atomic E-state index is 4.73. The van der Waals surface area contributed by atoms with E-state index < -0.39 is 5.54 Å². The first-order valence-electron chi connectivity index (χ1n) is 9.73. The van der Waals surface area contributed by atoms with Crippen LogP contribution in [0, 0.1) is 7.14 Å². The number of H-pyrrole nitrogens is 1. The van der Waals surface area contributed by atoms with E-state index in [4.69, 9.17) is 5.10 Å². The summed E-state index contributed by atoms with van der Waals surface area (Å²) in [4.78, 5) is 0. The summed E-state index contributed by atoms with van der Waals surface area (Å²) in [6.45, 7) is 0. The lowest BCUT2D eigenvalue weighted by atomic mass is 9.77. The molecule has 0 aliphatic rings. The van der Waals surface area contributed by atoms with E-state index in [1.54, 1.807) is 6.20 Å². The summed E-state index contributed by atoms with van der Waals surface area (Å²) in [5.41, 5.74) is 3.05. The molecule has 5 rings (SSSR count). The number of nitrogens with one attached hydrogen (secondary N) is 1. The van der Waals surface area contributed by atoms with Gasteiger partial charge in [0.2, 0.25) is 0 Å². The van der Waals surface area contributed by atoms with Gasteiger partial charge in [-0.25, -0.2) is 0 Å². The topological polar surface area (TPSA) is 46.5 Å². The van der Waals surface area contributed by atoms with Crippen LogP contribution in [0.3, 0.4) is 0 Å². The molecule has 5 aromatic rings. The van der Waals surface area contributed by atoms with Crippen molar-refractivity contribution in [2.75, 3.05) is 0 Å². The first-order chi connectivity index (χ1) is 15.2. The SMILES string of the molecule is Ic1cn[nH]c1.Ic1cnn(C(c2ccccc2)(c2ccccc2)c2ccccc2)c1. The van der Waals surface area contributed by atoms with Gasteiger partial charge in [0.25, 0.3) is 0 Å². The Morgan fingerprint density at radius 1 is 0.645 bits per heavy atom. The van der Waals surface area contributed by atoms with Crippen molar-refractivity contribution in [1.82, 2.24) is 20.0 Å². The lowest BCUT2D eigenvalue weighted by Gasteiger charge is -2.36. The highest BCUT2D eigenvalue weighted by molar-refractivity contribution is 14.1. The molecule has 6 heteroatoms. The Bertz CT molecular complexity index is 1090. The molecule has 154 valence electrons. The molecule has 0 bridgehead atoms. The zero-order valence-corrected chi connectivity index (χ0v) is 20.9. The molecule has 1 N–H and O–H groups in total. The predicted molar refractivity (Wildman–Crippen MR) is 141 cm³/mol. The third-order valence-corrected chi connectivity index (χ3v) is 6.08. The summed E-state index contributed by atoms with van der Waals surface area (Å²) >= 11 is 4.50. The van der Waals surface area contributed by atoms with Crippen molar-refractivity contribution in [2.45, 2.75) is 5.54 Å². The highest BCUT2D eigenvalue weighted by Crippen LogP contribution is 2.40. The largest absolute Gasteiger partial charge is 0.285 e. The zero-order valence-electron chi connectivity index (χ0n) is 16.6. The molecule has 2 aromatic heterocycles. The van der Waals surface area contributed by atoms with Gasteiger partial charge in [0.15, 0.2) is 0 Å². The van der Waals surface area contributed by atoms with Crippen LogP contribution in [0.1, 0.15) is 16.7 Å². The molecule has 0 saturated carbocycles. The summed E-state index contributed by atoms with van der Waals surface area (Å²) in [5, 5.41) is 11.1. The molecule has 3 aromatic carbocycles. The van der Waals surface area contributed by atoms with Gasteiger partial charge in [-0.05, 0) is 61.9 Å². The first-order valence-corrected chi connectivity index (χ1v) is 11.9. The second-order valence-electron chi connectivity index (χ2n) is 6.83. The predicted octanol–water partition coefficient (Wildman–Crippen LogP) is 6.34. The van der Waals surface area contributed by atoms with Crippen LogP contribution in [-0.2, 0) is 5.54 Å². The van der Waals surface area contributed by atoms with E-state index >= 15 is 0 Å². The highest BCUT2D eigenvalue weighted by Gasteiger charge is 2.39. The monoisotopic (exact) mass is 630 g/mol. The van der Waals surface area contributed by atoms with Gasteiger partial charge in [-0.15, -0.1) is 0 Å². The molecule has 0 amide bonds. The number of rotatable bonds is 4. The molecule has 4 nitrogen and oxygen atoms in total. The van der Waals surface area contributed by atoms with E-state index in [2.05, 4.69) is 157 Å². The van der Waals surface area contributed by atoms with Crippen molar-refractivity contribution in [3.8, 4) is 0 Å². The molecule has 0 radical (unpaired) electrons. The standard InChI is InChI=1S/C22H17IN2.C3H3IN2/c23-21-16-24-25(17-21)22(18-10-4-1-5-11-18,19-12-6-2-7-13-19)20-14-8-3-9-15-20;4-3-1-5-6-2-3/h1-17H;1-2H,(H,5,6). The summed E-state index contributed by atoms with van der Waals surface area (Å²) < 4.78 is 4.34. The Kier molecular flexibility index (Phi) is 7.18. The number of aromatic amines is 1. The fourth-order valence-corrected chi connectivity index (χ4v) is 4.32. The summed E-state index contributed by atoms with van der Waals surface area (Å²) in [7, 11) is 0. The van der Waals surface area contributed by atoms with Crippen molar-refractivity contribution in [1.29, 1.82) is 0 Å². The van der Waals surface area contributed by atoms with Crippen molar-refractivity contribution in [2.24, 2.45) is 0 Å². The number of aromatic nitrogens is 4. The van der Waals surface area contributed by atoms with E-state index in [1.165, 1.54) is 16.7 Å². The fraction of sp³-hybridized carbons (Fsp3) is 0.0400. The Balaban J connectivity index is 0.000000334. The lowest BCUT2D eigenvalue weighted by molar-refractivity contribution is 0.460. The Labute approximate surface area is 209 Å². The maximum Gasteiger partial charge on any atom is 0.138 e. The average Bonchev–Trinajstić information content (AvgIpc) is 3.48. The van der Waals surface area contributed by atoms with Gasteiger partial charge in [-0.2, -0.15) is 10.2 Å². The molecule has 0 spiro atoms. The first kappa shape index (κ1) is 21.8. The van der Waals surface area contributed by atoms with Crippen LogP contribution in [0.4, 0.5) is 0 Å². The molecule has 31 heavy (non-hydrogen) atoms. The summed E-state index contributed by atoms with van der Waals surface area (Å²) in [5.74, 6) is 0. The smallest absolute Gasteiger partial charge is 0.138 e. The third-order valence-electron chi connectivity index (χ3n) is 4.93. The highest BCUT2D eigenvalue weighted by atomic mass is 127. The van der Waals surface area contributed by atoms with Gasteiger partial charge in [-0.3, -0.25) is 9.78 Å². The van der Waals surface area contributed by atoms with Crippen molar-refractivity contribution in [3.63, 3.8) is 0 Å². The molecule has 0 unspecified atom stereocenters. The number of benzene rings is 3. The van der Waals surface area contributed by atoms with Crippen molar-refractivity contribution in [3.05, 3.63) is 140 Å². The van der Waals surface area contributed by atoms with E-state index in [0.717, 1.165) is 7.14 Å². The lowest BCUT2D eigenvalue weighted by Crippen LogP contribution is -2.38. The maximum absolute atomic E-state index is 4.73. The Morgan fingerprint density at radius 2 is 1.13 bits per heavy atom. The van der Waals surface area contributed by atoms with E-state index in [1.807, 2.05) is 12.4 Å². The van der Waals surface area contributed by atoms with Gasteiger partial charge in [0.05, 0.1) is 19.5 Å². The van der Waals surface area contributed by atoms with Crippen LogP contribution in [0.15, 0.2) is 116 Å². The molecule has 0 atom stereocenters. The molecule has 0 fully saturated rings. The van der Waals surface area contributed by atoms with E-state index in [0.29, 0.717) is 0 Å². The van der Waals surface area contributed by atoms with Crippen LogP contribution >= 0.6 is 45.2 Å². The normalized spacial score (nSPS) is 10.9. The Hall–Kier alpha value is -2.46. The van der Waals surface area contributed by atoms with E-state index in [9.17, 15) is 0 Å². The zero-order chi connectivity index (χ0) is 21.5. The second-order valence-corrected chi connectivity index (χ2v) is 9.32. The third kappa shape index (κ3) is 4.74. The number of nitrogens with zero attached hydrogens (tertiary/aromatic N) is 3. The summed E-state index contributed by atoms with van der Waals surface area (Å²) in [6.07, 6.45) is 7.61. The quantitative estimate of drug-likeness (QED) is 0.186. The van der Waals surface area contributed by atoms with Gasteiger partial charge >= 0.3 is 0 Å². The fourth-order valence-electron chi connectivity index (χ4n) is 3.65. The molecular formula is C25H20I2N4. The minimum Gasteiger partial charge on any atom is -0.285 e. The van der Waals surface area contributed by atoms with Gasteiger partial charge in [-0.1, -0.05) is 91.0 Å². The molecule has 0 aliphatic carbocycles. The van der Waals surface area contributed by atoms with Gasteiger partial charge in [0.1, 0.15) is 5.54 Å². The van der Waals surface area contributed by atoms with Crippen LogP contribution in [-0.4, -0.2) is 20.0 Å². The van der Waals surface area contributed by atoms with Crippen LogP contribution in [0.5, 0.6) is 0 Å². The Morgan fingerprint density at radius 3 is 1.42 bits per heavy atom. The number of halogens is 2.